The molecule has 3 N–H and O–H groups in total. The third-order valence-corrected chi connectivity index (χ3v) is 4.97. The maximum atomic E-state index is 6.11. The van der Waals surface area contributed by atoms with Crippen molar-refractivity contribution in [1.82, 2.24) is 4.90 Å². The van der Waals surface area contributed by atoms with Gasteiger partial charge in [-0.05, 0) is 31.3 Å². The molecule has 8 heteroatoms. The number of aliphatic imine (C=N–C) groups is 1. The van der Waals surface area contributed by atoms with E-state index in [2.05, 4.69) is 29.1 Å². The topological polar surface area (TPSA) is 81.3 Å². The lowest BCUT2D eigenvalue weighted by Gasteiger charge is -2.18. The first-order valence-electron chi connectivity index (χ1n) is 10.6. The summed E-state index contributed by atoms with van der Waals surface area (Å²) in [6.07, 6.45) is 0.872. The molecule has 7 nitrogen and oxygen atoms in total. The molecule has 0 fully saturated rings. The number of para-hydroxylation sites is 1. The van der Waals surface area contributed by atoms with Crippen LogP contribution in [-0.2, 0) is 6.54 Å². The summed E-state index contributed by atoms with van der Waals surface area (Å²) < 4.78 is 17.4. The van der Waals surface area contributed by atoms with Crippen LogP contribution in [0, 0.1) is 0 Å². The molecule has 3 rings (SSSR count). The average Bonchev–Trinajstić information content (AvgIpc) is 3.01. The van der Waals surface area contributed by atoms with Crippen molar-refractivity contribution in [3.8, 4) is 17.2 Å². The Kier molecular flexibility index (Phi) is 10.7. The standard InChI is InChI=1S/C23H32N4O3.HI/c1-3-27(4-2)12-15-30-20-9-6-5-8-18(20)17-25-23(24)26-19-10-11-21-22(16-19)29-14-7-13-28-21;/h5-6,8-11,16H,3-4,7,12-15,17H2,1-2H3,(H3,24,25,26);1H. The lowest BCUT2D eigenvalue weighted by atomic mass is 10.2. The molecule has 2 aromatic rings. The van der Waals surface area contributed by atoms with Gasteiger partial charge < -0.3 is 30.2 Å². The maximum absolute atomic E-state index is 6.11. The van der Waals surface area contributed by atoms with E-state index in [9.17, 15) is 0 Å². The normalized spacial score (nSPS) is 13.3. The van der Waals surface area contributed by atoms with Crippen molar-refractivity contribution >= 4 is 35.6 Å². The summed E-state index contributed by atoms with van der Waals surface area (Å²) in [7, 11) is 0. The number of nitrogens with two attached hydrogens (primary N) is 1. The lowest BCUT2D eigenvalue weighted by Crippen LogP contribution is -2.28. The molecule has 0 saturated heterocycles. The summed E-state index contributed by atoms with van der Waals surface area (Å²) in [4.78, 5) is 6.81. The number of guanidine groups is 1. The molecule has 0 amide bonds. The molecule has 31 heavy (non-hydrogen) atoms. The third kappa shape index (κ3) is 7.77. The van der Waals surface area contributed by atoms with Crippen LogP contribution in [0.3, 0.4) is 0 Å². The SMILES string of the molecule is CCN(CC)CCOc1ccccc1CN=C(N)Nc1ccc2c(c1)OCCCO2.I. The minimum Gasteiger partial charge on any atom is -0.492 e. The van der Waals surface area contributed by atoms with Gasteiger partial charge in [0.2, 0.25) is 0 Å². The second-order valence-corrected chi connectivity index (χ2v) is 7.02. The van der Waals surface area contributed by atoms with E-state index in [1.54, 1.807) is 0 Å². The molecule has 1 aliphatic rings. The molecular weight excluding hydrogens is 507 g/mol. The van der Waals surface area contributed by atoms with Crippen LogP contribution in [0.2, 0.25) is 0 Å². The van der Waals surface area contributed by atoms with Gasteiger partial charge in [0.1, 0.15) is 12.4 Å². The summed E-state index contributed by atoms with van der Waals surface area (Å²) >= 11 is 0. The van der Waals surface area contributed by atoms with Gasteiger partial charge in [0.05, 0.1) is 19.8 Å². The second kappa shape index (κ2) is 13.3. The minimum absolute atomic E-state index is 0. The van der Waals surface area contributed by atoms with Crippen LogP contribution >= 0.6 is 24.0 Å². The highest BCUT2D eigenvalue weighted by molar-refractivity contribution is 14.0. The molecule has 1 aliphatic heterocycles. The minimum atomic E-state index is 0. The van der Waals surface area contributed by atoms with Crippen molar-refractivity contribution in [1.29, 1.82) is 0 Å². The number of nitrogens with zero attached hydrogens (tertiary/aromatic N) is 2. The van der Waals surface area contributed by atoms with E-state index in [1.165, 1.54) is 0 Å². The maximum Gasteiger partial charge on any atom is 0.193 e. The van der Waals surface area contributed by atoms with E-state index in [1.807, 2.05) is 42.5 Å². The van der Waals surface area contributed by atoms with Gasteiger partial charge in [-0.1, -0.05) is 32.0 Å². The Morgan fingerprint density at radius 3 is 2.61 bits per heavy atom. The van der Waals surface area contributed by atoms with E-state index in [4.69, 9.17) is 19.9 Å². The highest BCUT2D eigenvalue weighted by atomic mass is 127. The molecule has 0 aromatic heterocycles. The molecule has 0 aliphatic carbocycles. The summed E-state index contributed by atoms with van der Waals surface area (Å²) in [5.41, 5.74) is 7.92. The number of halogens is 1. The van der Waals surface area contributed by atoms with E-state index < -0.39 is 0 Å². The number of nitrogens with one attached hydrogen (secondary N) is 1. The Labute approximate surface area is 202 Å². The van der Waals surface area contributed by atoms with Gasteiger partial charge in [0.15, 0.2) is 17.5 Å². The molecule has 0 unspecified atom stereocenters. The number of hydrogen-bond acceptors (Lipinski definition) is 5. The second-order valence-electron chi connectivity index (χ2n) is 7.02. The number of likely N-dealkylation sites (N-methyl/N-ethyl adjacent to an activating group) is 1. The van der Waals surface area contributed by atoms with Crippen molar-refractivity contribution in [2.24, 2.45) is 10.7 Å². The summed E-state index contributed by atoms with van der Waals surface area (Å²) in [6.45, 7) is 9.65. The first kappa shape index (κ1) is 25.1. The predicted molar refractivity (Wildman–Crippen MR) is 136 cm³/mol. The number of hydrogen-bond donors (Lipinski definition) is 2. The number of fused-ring (bicyclic) bond motifs is 1. The first-order valence-corrected chi connectivity index (χ1v) is 10.6. The van der Waals surface area contributed by atoms with Crippen molar-refractivity contribution < 1.29 is 14.2 Å². The zero-order valence-electron chi connectivity index (χ0n) is 18.3. The van der Waals surface area contributed by atoms with Crippen LogP contribution in [0.4, 0.5) is 5.69 Å². The summed E-state index contributed by atoms with van der Waals surface area (Å²) in [6, 6.07) is 13.6. The van der Waals surface area contributed by atoms with E-state index in [0.29, 0.717) is 32.3 Å². The van der Waals surface area contributed by atoms with Crippen LogP contribution in [0.15, 0.2) is 47.5 Å². The Morgan fingerprint density at radius 2 is 1.84 bits per heavy atom. The van der Waals surface area contributed by atoms with E-state index in [0.717, 1.165) is 54.6 Å². The van der Waals surface area contributed by atoms with Gasteiger partial charge >= 0.3 is 0 Å². The van der Waals surface area contributed by atoms with Crippen LogP contribution in [0.25, 0.3) is 0 Å². The molecule has 0 saturated carbocycles. The smallest absolute Gasteiger partial charge is 0.193 e. The molecule has 0 spiro atoms. The number of benzene rings is 2. The van der Waals surface area contributed by atoms with Crippen LogP contribution in [0.1, 0.15) is 25.8 Å². The molecule has 0 bridgehead atoms. The van der Waals surface area contributed by atoms with Gasteiger partial charge in [-0.15, -0.1) is 24.0 Å². The molecule has 0 atom stereocenters. The highest BCUT2D eigenvalue weighted by Gasteiger charge is 2.11. The third-order valence-electron chi connectivity index (χ3n) is 4.97. The molecule has 0 radical (unpaired) electrons. The molecular formula is C23H33IN4O3. The van der Waals surface area contributed by atoms with Gasteiger partial charge in [-0.2, -0.15) is 0 Å². The zero-order chi connectivity index (χ0) is 21.2. The fourth-order valence-corrected chi connectivity index (χ4v) is 3.20. The highest BCUT2D eigenvalue weighted by Crippen LogP contribution is 2.32. The zero-order valence-corrected chi connectivity index (χ0v) is 20.6. The van der Waals surface area contributed by atoms with Crippen molar-refractivity contribution in [3.05, 3.63) is 48.0 Å². The average molecular weight is 540 g/mol. The molecule has 170 valence electrons. The fraction of sp³-hybridized carbons (Fsp3) is 0.435. The quantitative estimate of drug-likeness (QED) is 0.283. The predicted octanol–water partition coefficient (Wildman–Crippen LogP) is 4.11. The van der Waals surface area contributed by atoms with Crippen LogP contribution in [0.5, 0.6) is 17.2 Å². The van der Waals surface area contributed by atoms with Gasteiger partial charge in [-0.3, -0.25) is 0 Å². The number of anilines is 1. The number of ether oxygens (including phenoxy) is 3. The Hall–Kier alpha value is -2.20. The summed E-state index contributed by atoms with van der Waals surface area (Å²) in [5, 5.41) is 3.12. The lowest BCUT2D eigenvalue weighted by molar-refractivity contribution is 0.221. The van der Waals surface area contributed by atoms with Gasteiger partial charge in [0, 0.05) is 30.3 Å². The van der Waals surface area contributed by atoms with Crippen molar-refractivity contribution in [2.45, 2.75) is 26.8 Å². The monoisotopic (exact) mass is 540 g/mol. The van der Waals surface area contributed by atoms with Crippen LogP contribution < -0.4 is 25.3 Å². The Bertz CT molecular complexity index is 843. The van der Waals surface area contributed by atoms with Gasteiger partial charge in [-0.25, -0.2) is 4.99 Å². The van der Waals surface area contributed by atoms with Crippen molar-refractivity contribution in [2.75, 3.05) is 44.8 Å². The fourth-order valence-electron chi connectivity index (χ4n) is 3.20. The van der Waals surface area contributed by atoms with Crippen molar-refractivity contribution in [3.63, 3.8) is 0 Å². The van der Waals surface area contributed by atoms with E-state index >= 15 is 0 Å². The Balaban J connectivity index is 0.00000341. The molecule has 1 heterocycles. The van der Waals surface area contributed by atoms with E-state index in [-0.39, 0.29) is 24.0 Å². The molecule has 2 aromatic carbocycles. The van der Waals surface area contributed by atoms with Gasteiger partial charge in [0.25, 0.3) is 0 Å². The summed E-state index contributed by atoms with van der Waals surface area (Å²) in [5.74, 6) is 2.65. The van der Waals surface area contributed by atoms with Crippen LogP contribution in [-0.4, -0.2) is 50.3 Å². The largest absolute Gasteiger partial charge is 0.492 e. The number of rotatable bonds is 9. The first-order chi connectivity index (χ1) is 14.7. The Morgan fingerprint density at radius 1 is 1.10 bits per heavy atom.